The van der Waals surface area contributed by atoms with E-state index in [0.717, 1.165) is 10.8 Å². The molecular weight excluding hydrogens is 375 g/mol. The van der Waals surface area contributed by atoms with Crippen molar-refractivity contribution in [3.63, 3.8) is 0 Å². The maximum Gasteiger partial charge on any atom is 0.0992 e. The Bertz CT molecular complexity index is 425. The zero-order valence-electron chi connectivity index (χ0n) is 14.2. The Kier molecular flexibility index (Phi) is 7.14. The van der Waals surface area contributed by atoms with Crippen LogP contribution in [0.15, 0.2) is 24.3 Å². The highest BCUT2D eigenvalue weighted by Gasteiger charge is 2.27. The van der Waals surface area contributed by atoms with Gasteiger partial charge in [-0.25, -0.2) is 0 Å². The third-order valence-electron chi connectivity index (χ3n) is 4.12. The third-order valence-corrected chi connectivity index (χ3v) is 5.58. The third kappa shape index (κ3) is 5.53. The highest BCUT2D eigenvalue weighted by atomic mass is 127. The molecule has 0 heterocycles. The number of ether oxygens (including phenoxy) is 2. The molecule has 0 saturated carbocycles. The highest BCUT2D eigenvalue weighted by molar-refractivity contribution is 14.1. The molecule has 1 rings (SSSR count). The molecule has 0 radical (unpaired) electrons. The molecular formula is C18H29IO2. The lowest BCUT2D eigenvalue weighted by Gasteiger charge is -2.31. The van der Waals surface area contributed by atoms with E-state index in [0.29, 0.717) is 12.5 Å². The van der Waals surface area contributed by atoms with Crippen molar-refractivity contribution in [2.75, 3.05) is 18.1 Å². The van der Waals surface area contributed by atoms with Crippen molar-refractivity contribution < 1.29 is 9.47 Å². The van der Waals surface area contributed by atoms with Gasteiger partial charge in [-0.1, -0.05) is 60.7 Å². The second-order valence-corrected chi connectivity index (χ2v) is 7.47. The fourth-order valence-corrected chi connectivity index (χ4v) is 2.70. The summed E-state index contributed by atoms with van der Waals surface area (Å²) in [5.74, 6) is 0.563. The summed E-state index contributed by atoms with van der Waals surface area (Å²) in [6.45, 7) is 11.5. The first-order chi connectivity index (χ1) is 9.74. The van der Waals surface area contributed by atoms with E-state index in [2.05, 4.69) is 81.5 Å². The van der Waals surface area contributed by atoms with Gasteiger partial charge in [0, 0.05) is 11.5 Å². The van der Waals surface area contributed by atoms with Crippen molar-refractivity contribution >= 4 is 22.6 Å². The van der Waals surface area contributed by atoms with Gasteiger partial charge in [0.2, 0.25) is 0 Å². The Labute approximate surface area is 143 Å². The number of halogens is 1. The number of hydrogen-bond acceptors (Lipinski definition) is 2. The number of benzene rings is 1. The molecule has 1 aromatic carbocycles. The standard InChI is InChI=1S/C18H29IO2/c1-14(2)15-7-9-16(10-8-15)18(5,13-19)21-12-11-17(3,4)20-6/h7-10,14H,11-13H2,1-6H3. The van der Waals surface area contributed by atoms with Gasteiger partial charge in [-0.05, 0) is 44.2 Å². The second-order valence-electron chi connectivity index (χ2n) is 6.70. The Balaban J connectivity index is 2.75. The van der Waals surface area contributed by atoms with E-state index in [1.165, 1.54) is 11.1 Å². The summed E-state index contributed by atoms with van der Waals surface area (Å²) < 4.78 is 12.6. The number of rotatable bonds is 8. The minimum atomic E-state index is -0.236. The Morgan fingerprint density at radius 2 is 1.67 bits per heavy atom. The van der Waals surface area contributed by atoms with Crippen molar-refractivity contribution in [2.45, 2.75) is 58.2 Å². The summed E-state index contributed by atoms with van der Waals surface area (Å²) >= 11 is 2.41. The molecule has 0 aliphatic heterocycles. The fraction of sp³-hybridized carbons (Fsp3) is 0.667. The zero-order valence-corrected chi connectivity index (χ0v) is 16.4. The van der Waals surface area contributed by atoms with Crippen molar-refractivity contribution in [1.29, 1.82) is 0 Å². The number of alkyl halides is 1. The first kappa shape index (κ1) is 18.9. The van der Waals surface area contributed by atoms with Crippen LogP contribution in [0.1, 0.15) is 58.1 Å². The van der Waals surface area contributed by atoms with Gasteiger partial charge in [-0.2, -0.15) is 0 Å². The average molecular weight is 404 g/mol. The molecule has 120 valence electrons. The van der Waals surface area contributed by atoms with Gasteiger partial charge in [-0.15, -0.1) is 0 Å². The van der Waals surface area contributed by atoms with Crippen LogP contribution in [0.2, 0.25) is 0 Å². The maximum absolute atomic E-state index is 6.22. The summed E-state index contributed by atoms with van der Waals surface area (Å²) in [7, 11) is 1.75. The quantitative estimate of drug-likeness (QED) is 0.433. The largest absolute Gasteiger partial charge is 0.379 e. The molecule has 0 spiro atoms. The van der Waals surface area contributed by atoms with Crippen LogP contribution >= 0.6 is 22.6 Å². The molecule has 2 nitrogen and oxygen atoms in total. The van der Waals surface area contributed by atoms with Crippen LogP contribution in [0.3, 0.4) is 0 Å². The van der Waals surface area contributed by atoms with Crippen LogP contribution in [0.5, 0.6) is 0 Å². The molecule has 0 aromatic heterocycles. The molecule has 3 heteroatoms. The van der Waals surface area contributed by atoms with Gasteiger partial charge in [0.05, 0.1) is 17.8 Å². The lowest BCUT2D eigenvalue weighted by molar-refractivity contribution is -0.0574. The molecule has 1 aromatic rings. The van der Waals surface area contributed by atoms with Crippen LogP contribution in [0, 0.1) is 0 Å². The molecule has 1 unspecified atom stereocenters. The van der Waals surface area contributed by atoms with E-state index in [4.69, 9.17) is 9.47 Å². The lowest BCUT2D eigenvalue weighted by Crippen LogP contribution is -2.31. The van der Waals surface area contributed by atoms with Gasteiger partial charge in [-0.3, -0.25) is 0 Å². The summed E-state index contributed by atoms with van der Waals surface area (Å²) in [4.78, 5) is 0. The van der Waals surface area contributed by atoms with Crippen molar-refractivity contribution in [3.8, 4) is 0 Å². The van der Waals surface area contributed by atoms with Gasteiger partial charge >= 0.3 is 0 Å². The fourth-order valence-electron chi connectivity index (χ4n) is 2.04. The monoisotopic (exact) mass is 404 g/mol. The van der Waals surface area contributed by atoms with E-state index >= 15 is 0 Å². The number of hydrogen-bond donors (Lipinski definition) is 0. The normalized spacial score (nSPS) is 15.2. The predicted octanol–water partition coefficient (Wildman–Crippen LogP) is 5.29. The molecule has 0 aliphatic carbocycles. The highest BCUT2D eigenvalue weighted by Crippen LogP contribution is 2.30. The van der Waals surface area contributed by atoms with Gasteiger partial charge in [0.25, 0.3) is 0 Å². The van der Waals surface area contributed by atoms with Crippen LogP contribution in [-0.4, -0.2) is 23.7 Å². The lowest BCUT2D eigenvalue weighted by atomic mass is 9.94. The van der Waals surface area contributed by atoms with E-state index < -0.39 is 0 Å². The van der Waals surface area contributed by atoms with Crippen LogP contribution < -0.4 is 0 Å². The van der Waals surface area contributed by atoms with Crippen LogP contribution in [-0.2, 0) is 15.1 Å². The molecule has 0 bridgehead atoms. The molecule has 0 fully saturated rings. The van der Waals surface area contributed by atoms with Gasteiger partial charge in [0.1, 0.15) is 0 Å². The number of methoxy groups -OCH3 is 1. The molecule has 0 N–H and O–H groups in total. The van der Waals surface area contributed by atoms with Crippen molar-refractivity contribution in [3.05, 3.63) is 35.4 Å². The van der Waals surface area contributed by atoms with E-state index in [1.807, 2.05) is 0 Å². The van der Waals surface area contributed by atoms with Gasteiger partial charge in [0.15, 0.2) is 0 Å². The summed E-state index contributed by atoms with van der Waals surface area (Å²) in [5, 5.41) is 0. The average Bonchev–Trinajstić information content (AvgIpc) is 2.47. The second kappa shape index (κ2) is 7.93. The Hall–Kier alpha value is -0.130. The summed E-state index contributed by atoms with van der Waals surface area (Å²) in [6, 6.07) is 8.84. The molecule has 0 saturated heterocycles. The molecule has 0 aliphatic rings. The maximum atomic E-state index is 6.22. The van der Waals surface area contributed by atoms with Crippen LogP contribution in [0.4, 0.5) is 0 Å². The van der Waals surface area contributed by atoms with Gasteiger partial charge < -0.3 is 9.47 Å². The molecule has 0 amide bonds. The molecule has 21 heavy (non-hydrogen) atoms. The summed E-state index contributed by atoms with van der Waals surface area (Å²) in [6.07, 6.45) is 0.889. The van der Waals surface area contributed by atoms with E-state index in [1.54, 1.807) is 7.11 Å². The smallest absolute Gasteiger partial charge is 0.0992 e. The first-order valence-corrected chi connectivity index (χ1v) is 9.12. The molecule has 1 atom stereocenters. The SMILES string of the molecule is COC(C)(C)CCOC(C)(CI)c1ccc(C(C)C)cc1. The predicted molar refractivity (Wildman–Crippen MR) is 98.4 cm³/mol. The van der Waals surface area contributed by atoms with E-state index in [9.17, 15) is 0 Å². The Morgan fingerprint density at radius 3 is 2.10 bits per heavy atom. The topological polar surface area (TPSA) is 18.5 Å². The Morgan fingerprint density at radius 1 is 1.10 bits per heavy atom. The minimum absolute atomic E-state index is 0.131. The zero-order chi connectivity index (χ0) is 16.1. The van der Waals surface area contributed by atoms with Crippen molar-refractivity contribution in [2.24, 2.45) is 0 Å². The van der Waals surface area contributed by atoms with Crippen LogP contribution in [0.25, 0.3) is 0 Å². The minimum Gasteiger partial charge on any atom is -0.379 e. The first-order valence-electron chi connectivity index (χ1n) is 7.59. The van der Waals surface area contributed by atoms with E-state index in [-0.39, 0.29) is 11.2 Å². The van der Waals surface area contributed by atoms with Crippen molar-refractivity contribution in [1.82, 2.24) is 0 Å². The summed E-state index contributed by atoms with van der Waals surface area (Å²) in [5.41, 5.74) is 2.25.